The molecular weight excluding hydrogens is 568 g/mol. The largest absolute Gasteiger partial charge is 0.481 e. The fourth-order valence-corrected chi connectivity index (χ4v) is 4.06. The average molecular weight is 637 g/mol. The summed E-state index contributed by atoms with van der Waals surface area (Å²) in [5.41, 5.74) is 0. The van der Waals surface area contributed by atoms with Gasteiger partial charge in [0.15, 0.2) is 0 Å². The van der Waals surface area contributed by atoms with Crippen LogP contribution in [0.1, 0.15) is 143 Å². The lowest BCUT2D eigenvalue weighted by Gasteiger charge is -2.01. The SMILES string of the molecule is CCCCC/C=C\C/C=C\C/C=C\C/C=C\CCC(C)C(=O)O.CCCCC/C=C\C/C=C\C/C=C\C/C=C\CCC(C)C(=O)O. The van der Waals surface area contributed by atoms with Crippen LogP contribution in [0.25, 0.3) is 0 Å². The number of rotatable bonds is 28. The normalized spacial score (nSPS) is 13.8. The summed E-state index contributed by atoms with van der Waals surface area (Å²) < 4.78 is 0. The van der Waals surface area contributed by atoms with Gasteiger partial charge in [-0.05, 0) is 89.9 Å². The zero-order chi connectivity index (χ0) is 34.4. The number of carboxylic acids is 2. The van der Waals surface area contributed by atoms with E-state index >= 15 is 0 Å². The lowest BCUT2D eigenvalue weighted by Crippen LogP contribution is -2.08. The van der Waals surface area contributed by atoms with Crippen molar-refractivity contribution in [3.63, 3.8) is 0 Å². The third-order valence-corrected chi connectivity index (χ3v) is 7.29. The first-order valence-corrected chi connectivity index (χ1v) is 18.0. The first kappa shape index (κ1) is 45.0. The van der Waals surface area contributed by atoms with Crippen molar-refractivity contribution in [3.8, 4) is 0 Å². The maximum Gasteiger partial charge on any atom is 0.306 e. The van der Waals surface area contributed by atoms with Crippen LogP contribution in [0.2, 0.25) is 0 Å². The summed E-state index contributed by atoms with van der Waals surface area (Å²) in [5.74, 6) is -1.91. The number of carbonyl (C=O) groups is 2. The van der Waals surface area contributed by atoms with Crippen LogP contribution in [-0.2, 0) is 9.59 Å². The van der Waals surface area contributed by atoms with Crippen LogP contribution in [0.5, 0.6) is 0 Å². The van der Waals surface area contributed by atoms with Gasteiger partial charge in [-0.1, -0.05) is 151 Å². The Hall–Kier alpha value is -3.14. The van der Waals surface area contributed by atoms with Gasteiger partial charge in [0, 0.05) is 0 Å². The molecule has 0 aliphatic carbocycles. The lowest BCUT2D eigenvalue weighted by molar-refractivity contribution is -0.142. The monoisotopic (exact) mass is 637 g/mol. The number of allylic oxidation sites excluding steroid dienone is 16. The molecule has 0 aromatic rings. The van der Waals surface area contributed by atoms with E-state index in [2.05, 4.69) is 111 Å². The van der Waals surface area contributed by atoms with Gasteiger partial charge in [-0.25, -0.2) is 0 Å². The maximum atomic E-state index is 10.6. The van der Waals surface area contributed by atoms with Crippen LogP contribution >= 0.6 is 0 Å². The van der Waals surface area contributed by atoms with Crippen LogP contribution in [0, 0.1) is 11.8 Å². The number of unbranched alkanes of at least 4 members (excludes halogenated alkanes) is 6. The molecule has 2 unspecified atom stereocenters. The second-order valence-electron chi connectivity index (χ2n) is 11.8. The highest BCUT2D eigenvalue weighted by molar-refractivity contribution is 5.69. The van der Waals surface area contributed by atoms with Crippen LogP contribution in [0.15, 0.2) is 97.2 Å². The second kappa shape index (κ2) is 38.0. The molecule has 0 bridgehead atoms. The van der Waals surface area contributed by atoms with Crippen molar-refractivity contribution in [3.05, 3.63) is 97.2 Å². The summed E-state index contributed by atoms with van der Waals surface area (Å²) in [6.07, 6.45) is 54.1. The van der Waals surface area contributed by atoms with Crippen LogP contribution in [0.3, 0.4) is 0 Å². The quantitative estimate of drug-likeness (QED) is 0.0662. The zero-order valence-electron chi connectivity index (χ0n) is 29.8. The Morgan fingerprint density at radius 3 is 0.891 bits per heavy atom. The summed E-state index contributed by atoms with van der Waals surface area (Å²) in [7, 11) is 0. The van der Waals surface area contributed by atoms with Crippen molar-refractivity contribution >= 4 is 11.9 Å². The van der Waals surface area contributed by atoms with Crippen LogP contribution in [-0.4, -0.2) is 22.2 Å². The maximum absolute atomic E-state index is 10.6. The van der Waals surface area contributed by atoms with Gasteiger partial charge < -0.3 is 10.2 Å². The van der Waals surface area contributed by atoms with Gasteiger partial charge in [0.2, 0.25) is 0 Å². The van der Waals surface area contributed by atoms with Crippen molar-refractivity contribution in [2.75, 3.05) is 0 Å². The summed E-state index contributed by atoms with van der Waals surface area (Å²) in [6, 6.07) is 0. The highest BCUT2D eigenvalue weighted by atomic mass is 16.4. The molecule has 46 heavy (non-hydrogen) atoms. The Kier molecular flexibility index (Phi) is 37.2. The minimum Gasteiger partial charge on any atom is -0.481 e. The van der Waals surface area contributed by atoms with Crippen molar-refractivity contribution in [2.45, 2.75) is 143 Å². The summed E-state index contributed by atoms with van der Waals surface area (Å²) in [5, 5.41) is 17.5. The standard InChI is InChI=1S/2C21H34O2/c2*1-3-4-5-6-7-8-9-10-11-12-13-14-15-16-17-18-19-20(2)21(22)23/h2*7-8,10-11,13-14,16-17,20H,3-6,9,12,15,18-19H2,1-2H3,(H,22,23)/b2*8-7-,11-10-,14-13-,17-16-. The van der Waals surface area contributed by atoms with E-state index in [0.29, 0.717) is 12.8 Å². The molecule has 2 atom stereocenters. The number of hydrogen-bond acceptors (Lipinski definition) is 2. The molecule has 0 saturated carbocycles. The molecule has 0 amide bonds. The van der Waals surface area contributed by atoms with Crippen molar-refractivity contribution in [1.29, 1.82) is 0 Å². The van der Waals surface area contributed by atoms with E-state index in [4.69, 9.17) is 10.2 Å². The summed E-state index contributed by atoms with van der Waals surface area (Å²) in [4.78, 5) is 21.3. The minimum atomic E-state index is -0.708. The molecule has 0 heterocycles. The molecule has 0 spiro atoms. The summed E-state index contributed by atoms with van der Waals surface area (Å²) in [6.45, 7) is 7.97. The van der Waals surface area contributed by atoms with Gasteiger partial charge in [0.05, 0.1) is 11.8 Å². The van der Waals surface area contributed by atoms with E-state index in [1.54, 1.807) is 13.8 Å². The Morgan fingerprint density at radius 1 is 0.413 bits per heavy atom. The predicted molar refractivity (Wildman–Crippen MR) is 201 cm³/mol. The topological polar surface area (TPSA) is 74.6 Å². The number of aliphatic carboxylic acids is 2. The Bertz CT molecular complexity index is 853. The molecule has 0 aliphatic heterocycles. The zero-order valence-corrected chi connectivity index (χ0v) is 29.8. The molecule has 260 valence electrons. The molecular formula is C42H68O4. The van der Waals surface area contributed by atoms with Crippen LogP contribution in [0.4, 0.5) is 0 Å². The van der Waals surface area contributed by atoms with E-state index in [0.717, 1.165) is 51.4 Å². The highest BCUT2D eigenvalue weighted by Gasteiger charge is 2.08. The second-order valence-corrected chi connectivity index (χ2v) is 11.8. The first-order chi connectivity index (χ1) is 22.4. The van der Waals surface area contributed by atoms with Crippen molar-refractivity contribution in [2.24, 2.45) is 11.8 Å². The molecule has 0 saturated heterocycles. The molecule has 0 radical (unpaired) electrons. The average Bonchev–Trinajstić information content (AvgIpc) is 3.04. The third kappa shape index (κ3) is 38.9. The van der Waals surface area contributed by atoms with E-state index in [-0.39, 0.29) is 11.8 Å². The van der Waals surface area contributed by atoms with E-state index in [1.165, 1.54) is 51.4 Å². The molecule has 0 rings (SSSR count). The van der Waals surface area contributed by atoms with Gasteiger partial charge in [-0.2, -0.15) is 0 Å². The van der Waals surface area contributed by atoms with Crippen molar-refractivity contribution in [1.82, 2.24) is 0 Å². The molecule has 4 heteroatoms. The summed E-state index contributed by atoms with van der Waals surface area (Å²) >= 11 is 0. The predicted octanol–water partition coefficient (Wildman–Crippen LogP) is 12.9. The fourth-order valence-electron chi connectivity index (χ4n) is 4.06. The van der Waals surface area contributed by atoms with Gasteiger partial charge in [-0.15, -0.1) is 0 Å². The molecule has 2 N–H and O–H groups in total. The van der Waals surface area contributed by atoms with E-state index < -0.39 is 11.9 Å². The number of carboxylic acid groups (broad SMARTS) is 2. The lowest BCUT2D eigenvalue weighted by atomic mass is 10.1. The van der Waals surface area contributed by atoms with E-state index in [9.17, 15) is 9.59 Å². The fraction of sp³-hybridized carbons (Fsp3) is 0.571. The third-order valence-electron chi connectivity index (χ3n) is 7.29. The molecule has 4 nitrogen and oxygen atoms in total. The Balaban J connectivity index is 0. The van der Waals surface area contributed by atoms with Crippen molar-refractivity contribution < 1.29 is 19.8 Å². The highest BCUT2D eigenvalue weighted by Crippen LogP contribution is 2.07. The van der Waals surface area contributed by atoms with Gasteiger partial charge >= 0.3 is 11.9 Å². The number of hydrogen-bond donors (Lipinski definition) is 2. The molecule has 0 aromatic carbocycles. The molecule has 0 fully saturated rings. The van der Waals surface area contributed by atoms with Crippen LogP contribution < -0.4 is 0 Å². The van der Waals surface area contributed by atoms with Gasteiger partial charge in [-0.3, -0.25) is 9.59 Å². The molecule has 0 aliphatic rings. The Labute approximate surface area is 283 Å². The minimum absolute atomic E-state index is 0.249. The smallest absolute Gasteiger partial charge is 0.306 e. The Morgan fingerprint density at radius 2 is 0.652 bits per heavy atom. The first-order valence-electron chi connectivity index (χ1n) is 18.0. The van der Waals surface area contributed by atoms with E-state index in [1.807, 2.05) is 0 Å². The van der Waals surface area contributed by atoms with Gasteiger partial charge in [0.1, 0.15) is 0 Å². The van der Waals surface area contributed by atoms with Gasteiger partial charge in [0.25, 0.3) is 0 Å². The molecule has 0 aromatic heterocycles.